The Morgan fingerprint density at radius 1 is 1.53 bits per heavy atom. The maximum absolute atomic E-state index is 12.1. The van der Waals surface area contributed by atoms with Gasteiger partial charge in [0, 0.05) is 11.9 Å². The third-order valence-corrected chi connectivity index (χ3v) is 4.57. The fourth-order valence-electron chi connectivity index (χ4n) is 2.03. The van der Waals surface area contributed by atoms with Crippen LogP contribution in [0.3, 0.4) is 0 Å². The molecule has 1 fully saturated rings. The number of hydrogen-bond donors (Lipinski definition) is 1. The number of piperidine rings is 1. The molecule has 2 rings (SSSR count). The third kappa shape index (κ3) is 3.23. The Morgan fingerprint density at radius 3 is 3.00 bits per heavy atom. The quantitative estimate of drug-likeness (QED) is 0.799. The zero-order valence-corrected chi connectivity index (χ0v) is 10.7. The van der Waals surface area contributed by atoms with Gasteiger partial charge in [0.25, 0.3) is 0 Å². The molecule has 1 atom stereocenters. The van der Waals surface area contributed by atoms with Gasteiger partial charge in [0.2, 0.25) is 15.0 Å². The molecule has 1 saturated heterocycles. The van der Waals surface area contributed by atoms with E-state index in [9.17, 15) is 8.42 Å². The van der Waals surface area contributed by atoms with E-state index < -0.39 is 9.84 Å². The lowest BCUT2D eigenvalue weighted by atomic mass is 10.0. The molecule has 0 radical (unpaired) electrons. The maximum Gasteiger partial charge on any atom is 0.247 e. The summed E-state index contributed by atoms with van der Waals surface area (Å²) in [6, 6.07) is 1.70. The van der Waals surface area contributed by atoms with Crippen LogP contribution in [-0.2, 0) is 9.84 Å². The molecule has 0 bridgehead atoms. The number of hydrogen-bond acceptors (Lipinski definition) is 5. The van der Waals surface area contributed by atoms with E-state index in [-0.39, 0.29) is 16.8 Å². The molecule has 0 spiro atoms. The Morgan fingerprint density at radius 2 is 2.35 bits per heavy atom. The molecule has 1 aliphatic rings. The summed E-state index contributed by atoms with van der Waals surface area (Å²) in [7, 11) is -3.34. The number of rotatable bonds is 3. The topological polar surface area (TPSA) is 72.0 Å². The summed E-state index contributed by atoms with van der Waals surface area (Å²) in [6.07, 6.45) is 3.49. The number of nitrogens with one attached hydrogen (secondary N) is 1. The summed E-state index contributed by atoms with van der Waals surface area (Å²) in [5, 5.41) is 3.18. The highest BCUT2D eigenvalue weighted by Gasteiger charge is 2.24. The van der Waals surface area contributed by atoms with E-state index in [1.165, 1.54) is 6.20 Å². The van der Waals surface area contributed by atoms with E-state index in [0.29, 0.717) is 5.69 Å². The van der Waals surface area contributed by atoms with Crippen molar-refractivity contribution in [3.8, 4) is 0 Å². The summed E-state index contributed by atoms with van der Waals surface area (Å²) in [6.45, 7) is 3.52. The van der Waals surface area contributed by atoms with Gasteiger partial charge in [-0.1, -0.05) is 0 Å². The minimum absolute atomic E-state index is 0.0388. The molecule has 0 aliphatic carbocycles. The second-order valence-electron chi connectivity index (χ2n) is 4.47. The minimum atomic E-state index is -3.34. The molecule has 94 valence electrons. The predicted molar refractivity (Wildman–Crippen MR) is 64.4 cm³/mol. The van der Waals surface area contributed by atoms with E-state index in [1.54, 1.807) is 13.0 Å². The highest BCUT2D eigenvalue weighted by atomic mass is 32.2. The first-order valence-electron chi connectivity index (χ1n) is 5.81. The maximum atomic E-state index is 12.1. The summed E-state index contributed by atoms with van der Waals surface area (Å²) < 4.78 is 24.2. The second kappa shape index (κ2) is 5.10. The summed E-state index contributed by atoms with van der Waals surface area (Å²) in [5.41, 5.74) is 0.681. The molecule has 0 saturated carbocycles. The van der Waals surface area contributed by atoms with E-state index in [1.807, 2.05) is 0 Å². The van der Waals surface area contributed by atoms with Crippen LogP contribution in [-0.4, -0.2) is 37.2 Å². The molecule has 1 aliphatic heterocycles. The first-order chi connectivity index (χ1) is 8.08. The van der Waals surface area contributed by atoms with Crippen LogP contribution in [0, 0.1) is 12.8 Å². The average Bonchev–Trinajstić information content (AvgIpc) is 2.30. The van der Waals surface area contributed by atoms with Gasteiger partial charge in [-0.2, -0.15) is 0 Å². The molecule has 1 aromatic rings. The summed E-state index contributed by atoms with van der Waals surface area (Å²) in [4.78, 5) is 7.85. The van der Waals surface area contributed by atoms with Crippen LogP contribution in [0.2, 0.25) is 0 Å². The van der Waals surface area contributed by atoms with Crippen molar-refractivity contribution in [2.75, 3.05) is 18.8 Å². The van der Waals surface area contributed by atoms with Crippen molar-refractivity contribution in [2.45, 2.75) is 24.9 Å². The van der Waals surface area contributed by atoms with E-state index in [4.69, 9.17) is 0 Å². The molecule has 0 aromatic carbocycles. The van der Waals surface area contributed by atoms with E-state index in [0.717, 1.165) is 25.9 Å². The molecule has 0 unspecified atom stereocenters. The van der Waals surface area contributed by atoms with Gasteiger partial charge in [-0.25, -0.2) is 18.4 Å². The Balaban J connectivity index is 2.13. The lowest BCUT2D eigenvalue weighted by molar-refractivity contribution is 0.403. The largest absolute Gasteiger partial charge is 0.316 e. The van der Waals surface area contributed by atoms with Crippen molar-refractivity contribution in [1.82, 2.24) is 15.3 Å². The first-order valence-corrected chi connectivity index (χ1v) is 7.46. The number of nitrogens with zero attached hydrogens (tertiary/aromatic N) is 2. The molecule has 2 heterocycles. The highest BCUT2D eigenvalue weighted by molar-refractivity contribution is 7.91. The predicted octanol–water partition coefficient (Wildman–Crippen LogP) is 0.558. The van der Waals surface area contributed by atoms with Gasteiger partial charge in [0.15, 0.2) is 0 Å². The highest BCUT2D eigenvalue weighted by Crippen LogP contribution is 2.16. The number of aryl methyl sites for hydroxylation is 1. The second-order valence-corrected chi connectivity index (χ2v) is 6.40. The zero-order valence-electron chi connectivity index (χ0n) is 9.89. The fourth-order valence-corrected chi connectivity index (χ4v) is 3.59. The van der Waals surface area contributed by atoms with Crippen LogP contribution in [0.15, 0.2) is 17.4 Å². The molecule has 1 N–H and O–H groups in total. The van der Waals surface area contributed by atoms with Crippen LogP contribution >= 0.6 is 0 Å². The van der Waals surface area contributed by atoms with Gasteiger partial charge in [-0.3, -0.25) is 0 Å². The normalized spacial score (nSPS) is 21.4. The SMILES string of the molecule is Cc1ccnc(S(=O)(=O)C[C@H]2CCCNC2)n1. The summed E-state index contributed by atoms with van der Waals surface area (Å²) in [5.74, 6) is 0.321. The van der Waals surface area contributed by atoms with E-state index in [2.05, 4.69) is 15.3 Å². The van der Waals surface area contributed by atoms with Gasteiger partial charge in [-0.05, 0) is 44.8 Å². The molecular weight excluding hydrogens is 238 g/mol. The van der Waals surface area contributed by atoms with Gasteiger partial charge in [0.1, 0.15) is 0 Å². The Kier molecular flexibility index (Phi) is 3.73. The fraction of sp³-hybridized carbons (Fsp3) is 0.636. The molecule has 1 aromatic heterocycles. The molecular formula is C11H17N3O2S. The average molecular weight is 255 g/mol. The monoisotopic (exact) mass is 255 g/mol. The van der Waals surface area contributed by atoms with Crippen molar-refractivity contribution >= 4 is 9.84 Å². The van der Waals surface area contributed by atoms with Crippen LogP contribution < -0.4 is 5.32 Å². The van der Waals surface area contributed by atoms with Crippen molar-refractivity contribution in [1.29, 1.82) is 0 Å². The van der Waals surface area contributed by atoms with Crippen molar-refractivity contribution in [3.05, 3.63) is 18.0 Å². The van der Waals surface area contributed by atoms with Crippen molar-refractivity contribution < 1.29 is 8.42 Å². The molecule has 6 heteroatoms. The van der Waals surface area contributed by atoms with Crippen LogP contribution in [0.4, 0.5) is 0 Å². The number of aromatic nitrogens is 2. The van der Waals surface area contributed by atoms with E-state index >= 15 is 0 Å². The van der Waals surface area contributed by atoms with Gasteiger partial charge >= 0.3 is 0 Å². The Hall–Kier alpha value is -1.01. The van der Waals surface area contributed by atoms with Crippen molar-refractivity contribution in [3.63, 3.8) is 0 Å². The Bertz CT molecular complexity index is 481. The van der Waals surface area contributed by atoms with Crippen LogP contribution in [0.5, 0.6) is 0 Å². The van der Waals surface area contributed by atoms with Gasteiger partial charge in [0.05, 0.1) is 5.75 Å². The lowest BCUT2D eigenvalue weighted by Crippen LogP contribution is -2.34. The summed E-state index contributed by atoms with van der Waals surface area (Å²) >= 11 is 0. The lowest BCUT2D eigenvalue weighted by Gasteiger charge is -2.21. The minimum Gasteiger partial charge on any atom is -0.316 e. The number of sulfone groups is 1. The molecule has 5 nitrogen and oxygen atoms in total. The van der Waals surface area contributed by atoms with Gasteiger partial charge in [-0.15, -0.1) is 0 Å². The van der Waals surface area contributed by atoms with Crippen LogP contribution in [0.1, 0.15) is 18.5 Å². The zero-order chi connectivity index (χ0) is 12.3. The van der Waals surface area contributed by atoms with Gasteiger partial charge < -0.3 is 5.32 Å². The van der Waals surface area contributed by atoms with Crippen LogP contribution in [0.25, 0.3) is 0 Å². The smallest absolute Gasteiger partial charge is 0.247 e. The third-order valence-electron chi connectivity index (χ3n) is 2.90. The van der Waals surface area contributed by atoms with Crippen molar-refractivity contribution in [2.24, 2.45) is 5.92 Å². The Labute approximate surface area is 102 Å². The first kappa shape index (κ1) is 12.4. The standard InChI is InChI=1S/C11H17N3O2S/c1-9-4-6-13-11(14-9)17(15,16)8-10-3-2-5-12-7-10/h4,6,10,12H,2-3,5,7-8H2,1H3/t10-/m0/s1. The molecule has 17 heavy (non-hydrogen) atoms. The molecule has 0 amide bonds.